The number of aliphatic hydroxyl groups excluding tert-OH is 4. The largest absolute Gasteiger partial charge is 0.547 e. The number of rotatable bonds is 4. The Morgan fingerprint density at radius 2 is 1.63 bits per heavy atom. The lowest BCUT2D eigenvalue weighted by molar-refractivity contribution is -0.354. The Bertz CT molecular complexity index is 804. The van der Waals surface area contributed by atoms with Gasteiger partial charge in [0, 0.05) is 0 Å². The molecule has 0 amide bonds. The summed E-state index contributed by atoms with van der Waals surface area (Å²) in [6.45, 7) is 6.84. The van der Waals surface area contributed by atoms with Gasteiger partial charge < -0.3 is 39.8 Å². The number of carbonyl (C=O) groups is 1. The number of carbonyl (C=O) groups excluding carboxylic acids is 1. The standard InChI is InChI=1S/C27H44O8/c1-13(28)17-6-7-18-16-5-4-14-12-15(8-10-26(14,2)19(16)9-11-27(17,18)3)34-25-22(31)20(29)21(30)23(35-25)24(32)33/h13-23,25,28-31H,4-12H2,1-3H3,(H,32,33)/p-1. The van der Waals surface area contributed by atoms with Crippen LogP contribution in [0.2, 0.25) is 0 Å². The van der Waals surface area contributed by atoms with Gasteiger partial charge in [0.1, 0.15) is 24.4 Å². The number of ether oxygens (including phenoxy) is 2. The first-order valence-electron chi connectivity index (χ1n) is 13.7. The van der Waals surface area contributed by atoms with Crippen molar-refractivity contribution in [3.63, 3.8) is 0 Å². The second kappa shape index (κ2) is 9.21. The van der Waals surface area contributed by atoms with Gasteiger partial charge in [-0.3, -0.25) is 0 Å². The minimum absolute atomic E-state index is 0.200. The van der Waals surface area contributed by atoms with E-state index in [9.17, 15) is 30.3 Å². The second-order valence-electron chi connectivity index (χ2n) is 12.9. The summed E-state index contributed by atoms with van der Waals surface area (Å²) in [5.41, 5.74) is 0.469. The van der Waals surface area contributed by atoms with E-state index in [1.165, 1.54) is 25.7 Å². The van der Waals surface area contributed by atoms with E-state index in [1.54, 1.807) is 0 Å². The normalized spacial score (nSPS) is 54.9. The van der Waals surface area contributed by atoms with Crippen molar-refractivity contribution in [2.45, 2.75) is 121 Å². The first-order valence-corrected chi connectivity index (χ1v) is 13.7. The molecule has 1 saturated heterocycles. The molecule has 1 heterocycles. The number of carboxylic acids is 1. The molecule has 14 atom stereocenters. The van der Waals surface area contributed by atoms with Crippen molar-refractivity contribution >= 4 is 5.97 Å². The molecule has 8 nitrogen and oxygen atoms in total. The van der Waals surface area contributed by atoms with Gasteiger partial charge in [0.25, 0.3) is 0 Å². The second-order valence-corrected chi connectivity index (χ2v) is 12.9. The first kappa shape index (κ1) is 25.9. The molecule has 0 aromatic rings. The van der Waals surface area contributed by atoms with Crippen LogP contribution in [0.4, 0.5) is 0 Å². The van der Waals surface area contributed by atoms with Crippen molar-refractivity contribution in [1.29, 1.82) is 0 Å². The van der Waals surface area contributed by atoms with E-state index in [2.05, 4.69) is 13.8 Å². The molecule has 200 valence electrons. The van der Waals surface area contributed by atoms with Gasteiger partial charge in [-0.2, -0.15) is 0 Å². The highest BCUT2D eigenvalue weighted by molar-refractivity contribution is 5.71. The SMILES string of the molecule is CC(O)C1CCC2C3CCC4CC(OC5OC(C(=O)[O-])C(O)C(O)C5O)CCC4(C)C3CCC12C. The molecule has 0 bridgehead atoms. The average molecular weight is 496 g/mol. The van der Waals surface area contributed by atoms with Gasteiger partial charge in [-0.1, -0.05) is 13.8 Å². The zero-order chi connectivity index (χ0) is 25.3. The molecule has 8 heteroatoms. The Labute approximate surface area is 208 Å². The summed E-state index contributed by atoms with van der Waals surface area (Å²) in [4.78, 5) is 11.3. The molecular weight excluding hydrogens is 452 g/mol. The molecule has 0 spiro atoms. The smallest absolute Gasteiger partial charge is 0.187 e. The van der Waals surface area contributed by atoms with E-state index < -0.39 is 36.7 Å². The third-order valence-electron chi connectivity index (χ3n) is 11.4. The maximum Gasteiger partial charge on any atom is 0.187 e. The van der Waals surface area contributed by atoms with Crippen LogP contribution >= 0.6 is 0 Å². The predicted octanol–water partition coefficient (Wildman–Crippen LogP) is 0.969. The maximum atomic E-state index is 11.3. The zero-order valence-electron chi connectivity index (χ0n) is 21.2. The van der Waals surface area contributed by atoms with Crippen molar-refractivity contribution in [2.24, 2.45) is 40.4 Å². The van der Waals surface area contributed by atoms with Gasteiger partial charge in [0.15, 0.2) is 6.29 Å². The predicted molar refractivity (Wildman–Crippen MR) is 123 cm³/mol. The molecule has 5 rings (SSSR count). The number of hydrogen-bond acceptors (Lipinski definition) is 8. The molecule has 1 aliphatic heterocycles. The molecule has 4 N–H and O–H groups in total. The Morgan fingerprint density at radius 3 is 2.31 bits per heavy atom. The Balaban J connectivity index is 1.26. The lowest BCUT2D eigenvalue weighted by Crippen LogP contribution is -2.63. The van der Waals surface area contributed by atoms with Crippen LogP contribution in [0.15, 0.2) is 0 Å². The molecule has 5 fully saturated rings. The van der Waals surface area contributed by atoms with Crippen LogP contribution in [0.25, 0.3) is 0 Å². The number of hydrogen-bond donors (Lipinski definition) is 4. The molecule has 4 saturated carbocycles. The van der Waals surface area contributed by atoms with Gasteiger partial charge >= 0.3 is 0 Å². The van der Waals surface area contributed by atoms with Crippen LogP contribution in [-0.2, 0) is 14.3 Å². The Morgan fingerprint density at radius 1 is 0.943 bits per heavy atom. The van der Waals surface area contributed by atoms with Crippen LogP contribution in [-0.4, -0.2) is 69.3 Å². The Hall–Kier alpha value is -0.770. The highest BCUT2D eigenvalue weighted by atomic mass is 16.7. The molecule has 14 unspecified atom stereocenters. The molecule has 35 heavy (non-hydrogen) atoms. The molecular formula is C27H43O8-. The molecule has 5 aliphatic rings. The van der Waals surface area contributed by atoms with E-state index in [4.69, 9.17) is 9.47 Å². The number of aliphatic hydroxyl groups is 4. The third-order valence-corrected chi connectivity index (χ3v) is 11.4. The van der Waals surface area contributed by atoms with Crippen LogP contribution in [0, 0.1) is 40.4 Å². The summed E-state index contributed by atoms with van der Waals surface area (Å²) in [6, 6.07) is 0. The highest BCUT2D eigenvalue weighted by Crippen LogP contribution is 2.67. The minimum atomic E-state index is -1.76. The quantitative estimate of drug-likeness (QED) is 0.423. The van der Waals surface area contributed by atoms with Crippen LogP contribution in [0.3, 0.4) is 0 Å². The molecule has 0 aromatic carbocycles. The topological polar surface area (TPSA) is 140 Å². The van der Waals surface area contributed by atoms with Crippen LogP contribution in [0.1, 0.15) is 78.6 Å². The van der Waals surface area contributed by atoms with Crippen molar-refractivity contribution in [3.05, 3.63) is 0 Å². The van der Waals surface area contributed by atoms with Crippen LogP contribution < -0.4 is 5.11 Å². The fourth-order valence-electron chi connectivity index (χ4n) is 9.52. The summed E-state index contributed by atoms with van der Waals surface area (Å²) in [6.07, 6.45) is 1.24. The van der Waals surface area contributed by atoms with Gasteiger partial charge in [-0.05, 0) is 105 Å². The zero-order valence-corrected chi connectivity index (χ0v) is 21.2. The van der Waals surface area contributed by atoms with E-state index in [0.29, 0.717) is 29.6 Å². The lowest BCUT2D eigenvalue weighted by Gasteiger charge is -2.61. The molecule has 0 radical (unpaired) electrons. The third kappa shape index (κ3) is 4.07. The van der Waals surface area contributed by atoms with Crippen molar-refractivity contribution in [3.8, 4) is 0 Å². The first-order chi connectivity index (χ1) is 16.5. The van der Waals surface area contributed by atoms with E-state index in [-0.39, 0.29) is 23.0 Å². The van der Waals surface area contributed by atoms with E-state index >= 15 is 0 Å². The molecule has 4 aliphatic carbocycles. The highest BCUT2D eigenvalue weighted by Gasteiger charge is 2.61. The fourth-order valence-corrected chi connectivity index (χ4v) is 9.52. The van der Waals surface area contributed by atoms with Gasteiger partial charge in [-0.15, -0.1) is 0 Å². The monoisotopic (exact) mass is 495 g/mol. The minimum Gasteiger partial charge on any atom is -0.547 e. The van der Waals surface area contributed by atoms with Gasteiger partial charge in [0.05, 0.1) is 18.2 Å². The summed E-state index contributed by atoms with van der Waals surface area (Å²) >= 11 is 0. The number of carboxylic acid groups (broad SMARTS) is 1. The van der Waals surface area contributed by atoms with Crippen molar-refractivity contribution in [2.75, 3.05) is 0 Å². The van der Waals surface area contributed by atoms with Crippen molar-refractivity contribution < 1.29 is 39.8 Å². The molecule has 0 aromatic heterocycles. The van der Waals surface area contributed by atoms with Crippen LogP contribution in [0.5, 0.6) is 0 Å². The van der Waals surface area contributed by atoms with Gasteiger partial charge in [0.2, 0.25) is 0 Å². The lowest BCUT2D eigenvalue weighted by atomic mass is 9.44. The number of aliphatic carboxylic acids is 1. The van der Waals surface area contributed by atoms with E-state index in [1.807, 2.05) is 6.92 Å². The van der Waals surface area contributed by atoms with Gasteiger partial charge in [-0.25, -0.2) is 0 Å². The summed E-state index contributed by atoms with van der Waals surface area (Å²) in [5, 5.41) is 52.1. The van der Waals surface area contributed by atoms with E-state index in [0.717, 1.165) is 32.1 Å². The summed E-state index contributed by atoms with van der Waals surface area (Å²) < 4.78 is 11.4. The fraction of sp³-hybridized carbons (Fsp3) is 0.963. The maximum absolute atomic E-state index is 11.3. The van der Waals surface area contributed by atoms with Crippen molar-refractivity contribution in [1.82, 2.24) is 0 Å². The average Bonchev–Trinajstić information content (AvgIpc) is 3.17. The Kier molecular flexibility index (Phi) is 6.80. The summed E-state index contributed by atoms with van der Waals surface area (Å²) in [5.74, 6) is 1.32. The summed E-state index contributed by atoms with van der Waals surface area (Å²) in [7, 11) is 0. The number of fused-ring (bicyclic) bond motifs is 5.